The second-order valence-electron chi connectivity index (χ2n) is 4.82. The van der Waals surface area contributed by atoms with Crippen molar-refractivity contribution in [2.75, 3.05) is 0 Å². The molecular weight excluding hydrogens is 232 g/mol. The van der Waals surface area contributed by atoms with Crippen LogP contribution >= 0.6 is 0 Å². The van der Waals surface area contributed by atoms with Crippen molar-refractivity contribution in [3.63, 3.8) is 0 Å². The molecule has 3 aromatic rings. The molecule has 0 N–H and O–H groups in total. The standard InChI is InChI=1S/C18H16O/c1-13-9-10-15(12-14(13)2)16-6-3-4-7-17(16)18-8-5-11-19-18/h3-12H,1-2H3. The quantitative estimate of drug-likeness (QED) is 0.605. The third kappa shape index (κ3) is 2.19. The summed E-state index contributed by atoms with van der Waals surface area (Å²) in [4.78, 5) is 0. The van der Waals surface area contributed by atoms with Crippen molar-refractivity contribution in [2.24, 2.45) is 0 Å². The summed E-state index contributed by atoms with van der Waals surface area (Å²) < 4.78 is 5.54. The first-order valence-electron chi connectivity index (χ1n) is 6.46. The van der Waals surface area contributed by atoms with Crippen LogP contribution < -0.4 is 0 Å². The Hall–Kier alpha value is -2.28. The molecule has 0 atom stereocenters. The summed E-state index contributed by atoms with van der Waals surface area (Å²) in [5.74, 6) is 0.911. The van der Waals surface area contributed by atoms with Crippen LogP contribution in [0.25, 0.3) is 22.5 Å². The minimum absolute atomic E-state index is 0.911. The molecule has 0 saturated heterocycles. The number of hydrogen-bond donors (Lipinski definition) is 0. The van der Waals surface area contributed by atoms with E-state index in [1.165, 1.54) is 22.3 Å². The Morgan fingerprint density at radius 3 is 2.21 bits per heavy atom. The highest BCUT2D eigenvalue weighted by molar-refractivity contribution is 5.81. The maximum Gasteiger partial charge on any atom is 0.134 e. The summed E-state index contributed by atoms with van der Waals surface area (Å²) in [6.07, 6.45) is 1.71. The normalized spacial score (nSPS) is 10.6. The molecule has 1 heteroatoms. The maximum absolute atomic E-state index is 5.54. The van der Waals surface area contributed by atoms with E-state index in [0.717, 1.165) is 11.3 Å². The third-order valence-corrected chi connectivity index (χ3v) is 3.53. The van der Waals surface area contributed by atoms with Crippen molar-refractivity contribution < 1.29 is 4.42 Å². The molecule has 0 unspecified atom stereocenters. The second-order valence-corrected chi connectivity index (χ2v) is 4.82. The molecule has 3 rings (SSSR count). The molecule has 0 bridgehead atoms. The summed E-state index contributed by atoms with van der Waals surface area (Å²) in [5.41, 5.74) is 6.21. The van der Waals surface area contributed by atoms with Gasteiger partial charge in [-0.25, -0.2) is 0 Å². The first kappa shape index (κ1) is 11.8. The van der Waals surface area contributed by atoms with Crippen molar-refractivity contribution in [1.29, 1.82) is 0 Å². The monoisotopic (exact) mass is 248 g/mol. The van der Waals surface area contributed by atoms with Crippen LogP contribution in [0.15, 0.2) is 65.3 Å². The zero-order chi connectivity index (χ0) is 13.2. The molecule has 1 heterocycles. The van der Waals surface area contributed by atoms with Crippen molar-refractivity contribution >= 4 is 0 Å². The van der Waals surface area contributed by atoms with Gasteiger partial charge >= 0.3 is 0 Å². The molecule has 94 valence electrons. The fourth-order valence-electron chi connectivity index (χ4n) is 2.29. The summed E-state index contributed by atoms with van der Waals surface area (Å²) >= 11 is 0. The lowest BCUT2D eigenvalue weighted by atomic mass is 9.95. The van der Waals surface area contributed by atoms with Crippen LogP contribution in [0.1, 0.15) is 11.1 Å². The van der Waals surface area contributed by atoms with Gasteiger partial charge in [-0.3, -0.25) is 0 Å². The zero-order valence-electron chi connectivity index (χ0n) is 11.2. The predicted molar refractivity (Wildman–Crippen MR) is 79.1 cm³/mol. The van der Waals surface area contributed by atoms with Crippen molar-refractivity contribution in [3.05, 3.63) is 72.0 Å². The van der Waals surface area contributed by atoms with Gasteiger partial charge in [0.2, 0.25) is 0 Å². The minimum Gasteiger partial charge on any atom is -0.464 e. The summed E-state index contributed by atoms with van der Waals surface area (Å²) in [5, 5.41) is 0. The van der Waals surface area contributed by atoms with E-state index < -0.39 is 0 Å². The number of hydrogen-bond acceptors (Lipinski definition) is 1. The highest BCUT2D eigenvalue weighted by atomic mass is 16.3. The van der Waals surface area contributed by atoms with Gasteiger partial charge in [0.05, 0.1) is 6.26 Å². The average Bonchev–Trinajstić information content (AvgIpc) is 2.96. The van der Waals surface area contributed by atoms with Crippen molar-refractivity contribution in [3.8, 4) is 22.5 Å². The van der Waals surface area contributed by atoms with Gasteiger partial charge in [0, 0.05) is 5.56 Å². The Morgan fingerprint density at radius 1 is 0.737 bits per heavy atom. The topological polar surface area (TPSA) is 13.1 Å². The molecule has 0 radical (unpaired) electrons. The van der Waals surface area contributed by atoms with Gasteiger partial charge in [0.25, 0.3) is 0 Å². The molecule has 0 fully saturated rings. The smallest absolute Gasteiger partial charge is 0.134 e. The van der Waals surface area contributed by atoms with E-state index in [-0.39, 0.29) is 0 Å². The highest BCUT2D eigenvalue weighted by Crippen LogP contribution is 2.32. The van der Waals surface area contributed by atoms with Gasteiger partial charge in [-0.15, -0.1) is 0 Å². The molecular formula is C18H16O. The Labute approximate surface area is 113 Å². The zero-order valence-corrected chi connectivity index (χ0v) is 11.2. The molecule has 0 saturated carbocycles. The molecule has 0 spiro atoms. The van der Waals surface area contributed by atoms with E-state index in [4.69, 9.17) is 4.42 Å². The second kappa shape index (κ2) is 4.77. The largest absolute Gasteiger partial charge is 0.464 e. The number of rotatable bonds is 2. The van der Waals surface area contributed by atoms with Gasteiger partial charge in [-0.05, 0) is 48.2 Å². The Kier molecular flexibility index (Phi) is 2.96. The molecule has 19 heavy (non-hydrogen) atoms. The van der Waals surface area contributed by atoms with E-state index in [1.54, 1.807) is 6.26 Å². The number of aryl methyl sites for hydroxylation is 2. The SMILES string of the molecule is Cc1ccc(-c2ccccc2-c2ccco2)cc1C. The van der Waals surface area contributed by atoms with Crippen LogP contribution in [0.5, 0.6) is 0 Å². The minimum atomic E-state index is 0.911. The Morgan fingerprint density at radius 2 is 1.53 bits per heavy atom. The molecule has 0 aliphatic carbocycles. The first-order valence-corrected chi connectivity index (χ1v) is 6.46. The first-order chi connectivity index (χ1) is 9.25. The average molecular weight is 248 g/mol. The molecule has 1 aromatic heterocycles. The molecule has 0 aliphatic rings. The maximum atomic E-state index is 5.54. The lowest BCUT2D eigenvalue weighted by molar-refractivity contribution is 0.582. The Bertz CT molecular complexity index is 693. The highest BCUT2D eigenvalue weighted by Gasteiger charge is 2.09. The van der Waals surface area contributed by atoms with Gasteiger partial charge in [-0.2, -0.15) is 0 Å². The van der Waals surface area contributed by atoms with Crippen LogP contribution in [0.3, 0.4) is 0 Å². The van der Waals surface area contributed by atoms with Crippen LogP contribution in [0, 0.1) is 13.8 Å². The van der Waals surface area contributed by atoms with Crippen LogP contribution in [-0.2, 0) is 0 Å². The van der Waals surface area contributed by atoms with Gasteiger partial charge in [0.15, 0.2) is 0 Å². The van der Waals surface area contributed by atoms with Gasteiger partial charge in [-0.1, -0.05) is 42.5 Å². The van der Waals surface area contributed by atoms with E-state index in [9.17, 15) is 0 Å². The Balaban J connectivity index is 2.17. The number of benzene rings is 2. The summed E-state index contributed by atoms with van der Waals surface area (Å²) in [7, 11) is 0. The summed E-state index contributed by atoms with van der Waals surface area (Å²) in [6.45, 7) is 4.28. The van der Waals surface area contributed by atoms with Crippen LogP contribution in [0.4, 0.5) is 0 Å². The lowest BCUT2D eigenvalue weighted by Crippen LogP contribution is -1.86. The molecule has 0 aliphatic heterocycles. The van der Waals surface area contributed by atoms with Gasteiger partial charge in [0.1, 0.15) is 5.76 Å². The van der Waals surface area contributed by atoms with E-state index in [0.29, 0.717) is 0 Å². The predicted octanol–water partition coefficient (Wildman–Crippen LogP) is 5.23. The fourth-order valence-corrected chi connectivity index (χ4v) is 2.29. The molecule has 0 amide bonds. The lowest BCUT2D eigenvalue weighted by Gasteiger charge is -2.09. The van der Waals surface area contributed by atoms with E-state index >= 15 is 0 Å². The fraction of sp³-hybridized carbons (Fsp3) is 0.111. The van der Waals surface area contributed by atoms with Crippen LogP contribution in [0.2, 0.25) is 0 Å². The molecule has 1 nitrogen and oxygen atoms in total. The van der Waals surface area contributed by atoms with E-state index in [2.05, 4.69) is 50.2 Å². The molecule has 2 aromatic carbocycles. The van der Waals surface area contributed by atoms with Crippen molar-refractivity contribution in [1.82, 2.24) is 0 Å². The summed E-state index contributed by atoms with van der Waals surface area (Å²) in [6, 6.07) is 18.8. The van der Waals surface area contributed by atoms with E-state index in [1.807, 2.05) is 18.2 Å². The number of furan rings is 1. The van der Waals surface area contributed by atoms with Crippen LogP contribution in [-0.4, -0.2) is 0 Å². The third-order valence-electron chi connectivity index (χ3n) is 3.53. The van der Waals surface area contributed by atoms with Crippen molar-refractivity contribution in [2.45, 2.75) is 13.8 Å². The van der Waals surface area contributed by atoms with Gasteiger partial charge < -0.3 is 4.42 Å².